The Labute approximate surface area is 195 Å². The van der Waals surface area contributed by atoms with Gasteiger partial charge in [-0.05, 0) is 116 Å². The molecule has 0 saturated heterocycles. The zero-order chi connectivity index (χ0) is 21.9. The van der Waals surface area contributed by atoms with E-state index in [0.717, 1.165) is 53.9 Å². The normalized spacial score (nSPS) is 44.2. The van der Waals surface area contributed by atoms with Crippen molar-refractivity contribution in [2.75, 3.05) is 0 Å². The largest absolute Gasteiger partial charge is 0.271 e. The van der Waals surface area contributed by atoms with Crippen LogP contribution in [0.3, 0.4) is 0 Å². The van der Waals surface area contributed by atoms with Crippen molar-refractivity contribution >= 4 is 0 Å². The third-order valence-corrected chi connectivity index (χ3v) is 11.4. The molecule has 1 aromatic rings. The molecule has 1 heterocycles. The van der Waals surface area contributed by atoms with Gasteiger partial charge in [-0.15, -0.1) is 0 Å². The van der Waals surface area contributed by atoms with Gasteiger partial charge in [0, 0.05) is 12.7 Å². The highest BCUT2D eigenvalue weighted by Crippen LogP contribution is 2.65. The van der Waals surface area contributed by atoms with Gasteiger partial charge in [0.2, 0.25) is 0 Å². The van der Waals surface area contributed by atoms with Crippen molar-refractivity contribution in [3.8, 4) is 6.07 Å². The number of fused-ring (bicyclic) bond motifs is 5. The molecule has 0 N–H and O–H groups in total. The molecule has 5 aliphatic rings. The van der Waals surface area contributed by atoms with Crippen LogP contribution in [0, 0.1) is 70.0 Å². The molecule has 8 unspecified atom stereocenters. The maximum absolute atomic E-state index is 9.14. The molecule has 5 fully saturated rings. The summed E-state index contributed by atoms with van der Waals surface area (Å²) in [5.41, 5.74) is 1.22. The van der Waals surface area contributed by atoms with Crippen molar-refractivity contribution in [1.82, 2.24) is 9.78 Å². The molecule has 0 radical (unpaired) electrons. The minimum atomic E-state index is 0.530. The molecule has 174 valence electrons. The summed E-state index contributed by atoms with van der Waals surface area (Å²) in [6.07, 6.45) is 21.9. The standard InChI is InChI=1S/C29H43N3/c1-19(17-32-18-22(15-30)16-31-32)27-9-10-28-26-8-6-23-14-21(13-20-3-4-20)5-7-24(23)25(26)11-12-29(27,28)2/h16,18-21,23-28H,3-14,17H2,1-2H3/t19-,21?,23?,24?,25?,26?,27?,28?,29?/m1/s1. The highest BCUT2D eigenvalue weighted by Gasteiger charge is 2.57. The highest BCUT2D eigenvalue weighted by atomic mass is 15.3. The smallest absolute Gasteiger partial charge is 0.102 e. The average molecular weight is 434 g/mol. The van der Waals surface area contributed by atoms with Gasteiger partial charge < -0.3 is 0 Å². The third kappa shape index (κ3) is 3.65. The van der Waals surface area contributed by atoms with E-state index < -0.39 is 0 Å². The molecule has 9 atom stereocenters. The fourth-order valence-corrected chi connectivity index (χ4v) is 9.91. The predicted molar refractivity (Wildman–Crippen MR) is 128 cm³/mol. The van der Waals surface area contributed by atoms with Crippen molar-refractivity contribution in [2.24, 2.45) is 58.7 Å². The molecule has 1 aromatic heterocycles. The van der Waals surface area contributed by atoms with Crippen LogP contribution in [0.4, 0.5) is 0 Å². The topological polar surface area (TPSA) is 41.6 Å². The Morgan fingerprint density at radius 2 is 1.84 bits per heavy atom. The van der Waals surface area contributed by atoms with Crippen molar-refractivity contribution < 1.29 is 0 Å². The number of aromatic nitrogens is 2. The molecule has 5 aliphatic carbocycles. The second kappa shape index (κ2) is 8.18. The summed E-state index contributed by atoms with van der Waals surface area (Å²) in [7, 11) is 0. The molecule has 32 heavy (non-hydrogen) atoms. The minimum absolute atomic E-state index is 0.530. The molecule has 0 spiro atoms. The van der Waals surface area contributed by atoms with Gasteiger partial charge in [0.05, 0.1) is 11.8 Å². The lowest BCUT2D eigenvalue weighted by Gasteiger charge is -2.57. The first kappa shape index (κ1) is 21.2. The fraction of sp³-hybridized carbons (Fsp3) is 0.862. The molecular formula is C29H43N3. The van der Waals surface area contributed by atoms with Crippen molar-refractivity contribution in [1.29, 1.82) is 5.26 Å². The van der Waals surface area contributed by atoms with Gasteiger partial charge in [-0.2, -0.15) is 10.4 Å². The lowest BCUT2D eigenvalue weighted by Crippen LogP contribution is -2.49. The first-order chi connectivity index (χ1) is 15.5. The molecule has 0 aromatic carbocycles. The first-order valence-corrected chi connectivity index (χ1v) is 14.0. The van der Waals surface area contributed by atoms with Crippen LogP contribution >= 0.6 is 0 Å². The zero-order valence-corrected chi connectivity index (χ0v) is 20.4. The van der Waals surface area contributed by atoms with Crippen LogP contribution in [-0.4, -0.2) is 9.78 Å². The Kier molecular flexibility index (Phi) is 5.43. The van der Waals surface area contributed by atoms with Crippen LogP contribution in [0.2, 0.25) is 0 Å². The second-order valence-electron chi connectivity index (χ2n) is 13.1. The van der Waals surface area contributed by atoms with Crippen molar-refractivity contribution in [3.05, 3.63) is 18.0 Å². The Bertz CT molecular complexity index is 862. The van der Waals surface area contributed by atoms with Gasteiger partial charge >= 0.3 is 0 Å². The summed E-state index contributed by atoms with van der Waals surface area (Å²) in [6.45, 7) is 6.09. The van der Waals surface area contributed by atoms with Crippen LogP contribution in [0.25, 0.3) is 0 Å². The van der Waals surface area contributed by atoms with E-state index in [1.807, 2.05) is 10.9 Å². The summed E-state index contributed by atoms with van der Waals surface area (Å²) >= 11 is 0. The van der Waals surface area contributed by atoms with Gasteiger partial charge in [-0.25, -0.2) is 0 Å². The summed E-state index contributed by atoms with van der Waals surface area (Å²) < 4.78 is 2.02. The SMILES string of the molecule is C[C@H](Cn1cc(C#N)cn1)C1CCC2C3CCC4CC(CC5CC5)CCC4C3CCC21C. The maximum Gasteiger partial charge on any atom is 0.102 e. The average Bonchev–Trinajstić information content (AvgIpc) is 3.36. The van der Waals surface area contributed by atoms with E-state index >= 15 is 0 Å². The predicted octanol–water partition coefficient (Wildman–Crippen LogP) is 7.08. The van der Waals surface area contributed by atoms with Gasteiger partial charge in [-0.3, -0.25) is 4.68 Å². The van der Waals surface area contributed by atoms with E-state index in [1.165, 1.54) is 44.9 Å². The lowest BCUT2D eigenvalue weighted by atomic mass is 9.48. The van der Waals surface area contributed by atoms with E-state index in [1.54, 1.807) is 38.3 Å². The summed E-state index contributed by atoms with van der Waals surface area (Å²) in [5.74, 6) is 8.82. The molecule has 0 aliphatic heterocycles. The third-order valence-electron chi connectivity index (χ3n) is 11.4. The lowest BCUT2D eigenvalue weighted by molar-refractivity contribution is -0.0751. The number of nitriles is 1. The van der Waals surface area contributed by atoms with Gasteiger partial charge in [-0.1, -0.05) is 33.1 Å². The van der Waals surface area contributed by atoms with Gasteiger partial charge in [0.25, 0.3) is 0 Å². The Hall–Kier alpha value is -1.30. The molecule has 3 nitrogen and oxygen atoms in total. The van der Waals surface area contributed by atoms with Crippen LogP contribution in [-0.2, 0) is 6.54 Å². The first-order valence-electron chi connectivity index (χ1n) is 14.0. The summed E-state index contributed by atoms with van der Waals surface area (Å²) in [4.78, 5) is 0. The fourth-order valence-electron chi connectivity index (χ4n) is 9.91. The zero-order valence-electron chi connectivity index (χ0n) is 20.4. The molecule has 6 rings (SSSR count). The van der Waals surface area contributed by atoms with E-state index in [2.05, 4.69) is 25.0 Å². The number of hydrogen-bond acceptors (Lipinski definition) is 2. The van der Waals surface area contributed by atoms with E-state index in [9.17, 15) is 0 Å². The second-order valence-corrected chi connectivity index (χ2v) is 13.1. The maximum atomic E-state index is 9.14. The highest BCUT2D eigenvalue weighted by molar-refractivity contribution is 5.21. The Balaban J connectivity index is 1.12. The molecule has 0 amide bonds. The summed E-state index contributed by atoms with van der Waals surface area (Å²) in [5, 5.41) is 13.6. The van der Waals surface area contributed by atoms with Gasteiger partial charge in [0.1, 0.15) is 6.07 Å². The van der Waals surface area contributed by atoms with Crippen LogP contribution < -0.4 is 0 Å². The number of rotatable bonds is 5. The van der Waals surface area contributed by atoms with Crippen LogP contribution in [0.1, 0.15) is 96.5 Å². The molecule has 3 heteroatoms. The Morgan fingerprint density at radius 1 is 1.03 bits per heavy atom. The minimum Gasteiger partial charge on any atom is -0.271 e. The van der Waals surface area contributed by atoms with E-state index in [4.69, 9.17) is 5.26 Å². The monoisotopic (exact) mass is 433 g/mol. The number of nitrogens with zero attached hydrogens (tertiary/aromatic N) is 3. The summed E-state index contributed by atoms with van der Waals surface area (Å²) in [6, 6.07) is 2.23. The van der Waals surface area contributed by atoms with Crippen molar-refractivity contribution in [2.45, 2.75) is 97.4 Å². The number of hydrogen-bond donors (Lipinski definition) is 0. The van der Waals surface area contributed by atoms with E-state index in [-0.39, 0.29) is 0 Å². The molecular weight excluding hydrogens is 390 g/mol. The van der Waals surface area contributed by atoms with Crippen LogP contribution in [0.15, 0.2) is 12.4 Å². The quantitative estimate of drug-likeness (QED) is 0.498. The molecule has 0 bridgehead atoms. The van der Waals surface area contributed by atoms with Crippen molar-refractivity contribution in [3.63, 3.8) is 0 Å². The van der Waals surface area contributed by atoms with Crippen LogP contribution in [0.5, 0.6) is 0 Å². The molecule has 5 saturated carbocycles. The van der Waals surface area contributed by atoms with Gasteiger partial charge in [0.15, 0.2) is 0 Å². The Morgan fingerprint density at radius 3 is 2.62 bits per heavy atom. The van der Waals surface area contributed by atoms with E-state index in [0.29, 0.717) is 16.9 Å².